The summed E-state index contributed by atoms with van der Waals surface area (Å²) >= 11 is 0. The molecule has 3 N–H and O–H groups in total. The molecule has 0 aliphatic heterocycles. The molecule has 1 rings (SSSR count). The van der Waals surface area contributed by atoms with E-state index in [-0.39, 0.29) is 0 Å². The van der Waals surface area contributed by atoms with Gasteiger partial charge in [0, 0.05) is 19.1 Å². The first-order valence-corrected chi connectivity index (χ1v) is 5.61. The summed E-state index contributed by atoms with van der Waals surface area (Å²) in [5.74, 6) is 6.36. The van der Waals surface area contributed by atoms with Gasteiger partial charge >= 0.3 is 0 Å². The number of rotatable bonds is 5. The summed E-state index contributed by atoms with van der Waals surface area (Å²) in [6, 6.07) is 0.682. The molecule has 1 aliphatic rings. The molecule has 0 aromatic carbocycles. The van der Waals surface area contributed by atoms with Crippen molar-refractivity contribution in [2.45, 2.75) is 45.6 Å². The lowest BCUT2D eigenvalue weighted by Crippen LogP contribution is -2.46. The van der Waals surface area contributed by atoms with Crippen LogP contribution in [0.4, 0.5) is 0 Å². The lowest BCUT2D eigenvalue weighted by atomic mass is 10.4. The number of hydrazine groups is 1. The Morgan fingerprint density at radius 1 is 1.43 bits per heavy atom. The van der Waals surface area contributed by atoms with Crippen molar-refractivity contribution in [3.63, 3.8) is 0 Å². The zero-order chi connectivity index (χ0) is 10.4. The molecule has 1 saturated carbocycles. The molecule has 0 aromatic heterocycles. The van der Waals surface area contributed by atoms with Crippen molar-refractivity contribution in [1.82, 2.24) is 10.3 Å². The number of nitrogens with zero attached hydrogens (tertiary/aromatic N) is 2. The van der Waals surface area contributed by atoms with Crippen LogP contribution in [-0.2, 0) is 0 Å². The Morgan fingerprint density at radius 3 is 2.57 bits per heavy atom. The lowest BCUT2D eigenvalue weighted by molar-refractivity contribution is 0.392. The average Bonchev–Trinajstić information content (AvgIpc) is 3.00. The van der Waals surface area contributed by atoms with E-state index in [2.05, 4.69) is 29.2 Å². The molecule has 0 aromatic rings. The molecule has 0 amide bonds. The molecular weight excluding hydrogens is 176 g/mol. The highest BCUT2D eigenvalue weighted by molar-refractivity contribution is 5.80. The van der Waals surface area contributed by atoms with Gasteiger partial charge < -0.3 is 4.90 Å². The molecule has 0 spiro atoms. The number of hydrogen-bond donors (Lipinski definition) is 2. The number of guanidine groups is 1. The van der Waals surface area contributed by atoms with Crippen molar-refractivity contribution in [1.29, 1.82) is 0 Å². The fourth-order valence-corrected chi connectivity index (χ4v) is 1.53. The summed E-state index contributed by atoms with van der Waals surface area (Å²) in [4.78, 5) is 6.75. The van der Waals surface area contributed by atoms with Crippen molar-refractivity contribution in [2.24, 2.45) is 10.8 Å². The molecule has 0 atom stereocenters. The van der Waals surface area contributed by atoms with Crippen LogP contribution in [0.15, 0.2) is 4.99 Å². The third kappa shape index (κ3) is 3.18. The first kappa shape index (κ1) is 11.3. The topological polar surface area (TPSA) is 53.6 Å². The van der Waals surface area contributed by atoms with E-state index in [1.807, 2.05) is 0 Å². The molecule has 0 saturated heterocycles. The van der Waals surface area contributed by atoms with Gasteiger partial charge in [0.25, 0.3) is 0 Å². The van der Waals surface area contributed by atoms with Crippen molar-refractivity contribution in [3.8, 4) is 0 Å². The number of aliphatic imine (C=N–C) groups is 1. The van der Waals surface area contributed by atoms with Gasteiger partial charge in [-0.2, -0.15) is 0 Å². The Bertz CT molecular complexity index is 187. The minimum Gasteiger partial charge on any atom is -0.339 e. The van der Waals surface area contributed by atoms with E-state index in [0.717, 1.165) is 31.9 Å². The highest BCUT2D eigenvalue weighted by Gasteiger charge is 2.30. The third-order valence-electron chi connectivity index (χ3n) is 2.34. The van der Waals surface area contributed by atoms with Crippen molar-refractivity contribution in [3.05, 3.63) is 0 Å². The van der Waals surface area contributed by atoms with Gasteiger partial charge in [0.15, 0.2) is 0 Å². The molecule has 4 nitrogen and oxygen atoms in total. The maximum atomic E-state index is 5.49. The quantitative estimate of drug-likeness (QED) is 0.301. The summed E-state index contributed by atoms with van der Waals surface area (Å²) in [5, 5.41) is 0. The Hall–Kier alpha value is -0.770. The van der Waals surface area contributed by atoms with Crippen molar-refractivity contribution in [2.75, 3.05) is 13.1 Å². The van der Waals surface area contributed by atoms with Crippen LogP contribution in [0.25, 0.3) is 0 Å². The van der Waals surface area contributed by atoms with Gasteiger partial charge in [-0.1, -0.05) is 13.8 Å². The van der Waals surface area contributed by atoms with Crippen LogP contribution in [0.2, 0.25) is 0 Å². The Morgan fingerprint density at radius 2 is 2.14 bits per heavy atom. The maximum Gasteiger partial charge on any atom is 0.208 e. The third-order valence-corrected chi connectivity index (χ3v) is 2.34. The molecule has 82 valence electrons. The molecule has 0 radical (unpaired) electrons. The van der Waals surface area contributed by atoms with E-state index in [4.69, 9.17) is 5.84 Å². The van der Waals surface area contributed by atoms with Crippen LogP contribution in [0.3, 0.4) is 0 Å². The summed E-state index contributed by atoms with van der Waals surface area (Å²) < 4.78 is 0. The van der Waals surface area contributed by atoms with E-state index in [0.29, 0.717) is 6.04 Å². The highest BCUT2D eigenvalue weighted by atomic mass is 15.4. The van der Waals surface area contributed by atoms with E-state index in [1.54, 1.807) is 0 Å². The molecule has 1 fully saturated rings. The summed E-state index contributed by atoms with van der Waals surface area (Å²) in [7, 11) is 0. The Balaban J connectivity index is 2.52. The predicted molar refractivity (Wildman–Crippen MR) is 59.9 cm³/mol. The van der Waals surface area contributed by atoms with E-state index in [9.17, 15) is 0 Å². The van der Waals surface area contributed by atoms with E-state index < -0.39 is 0 Å². The highest BCUT2D eigenvalue weighted by Crippen LogP contribution is 2.26. The second-order valence-corrected chi connectivity index (χ2v) is 3.77. The minimum atomic E-state index is 0.682. The summed E-state index contributed by atoms with van der Waals surface area (Å²) in [6.45, 7) is 6.21. The second-order valence-electron chi connectivity index (χ2n) is 3.77. The number of hydrogen-bond acceptors (Lipinski definition) is 2. The predicted octanol–water partition coefficient (Wildman–Crippen LogP) is 1.09. The maximum absolute atomic E-state index is 5.49. The van der Waals surface area contributed by atoms with Crippen molar-refractivity contribution >= 4 is 5.96 Å². The SMILES string of the molecule is CCCN=C(NN)N(CCC)C1CC1. The van der Waals surface area contributed by atoms with Gasteiger partial charge in [0.2, 0.25) is 5.96 Å². The van der Waals surface area contributed by atoms with Crippen LogP contribution in [0.1, 0.15) is 39.5 Å². The summed E-state index contributed by atoms with van der Waals surface area (Å²) in [6.07, 6.45) is 4.78. The number of nitrogens with two attached hydrogens (primary N) is 1. The largest absolute Gasteiger partial charge is 0.339 e. The van der Waals surface area contributed by atoms with Crippen LogP contribution >= 0.6 is 0 Å². The monoisotopic (exact) mass is 198 g/mol. The molecule has 4 heteroatoms. The van der Waals surface area contributed by atoms with Crippen LogP contribution in [0, 0.1) is 0 Å². The zero-order valence-electron chi connectivity index (χ0n) is 9.29. The lowest BCUT2D eigenvalue weighted by Gasteiger charge is -2.24. The first-order valence-electron chi connectivity index (χ1n) is 5.61. The van der Waals surface area contributed by atoms with Crippen LogP contribution in [0.5, 0.6) is 0 Å². The smallest absolute Gasteiger partial charge is 0.208 e. The minimum absolute atomic E-state index is 0.682. The second kappa shape index (κ2) is 5.86. The normalized spacial score (nSPS) is 16.9. The van der Waals surface area contributed by atoms with Gasteiger partial charge in [0.05, 0.1) is 0 Å². The Kier molecular flexibility index (Phi) is 4.73. The van der Waals surface area contributed by atoms with E-state index in [1.165, 1.54) is 12.8 Å². The molecule has 0 unspecified atom stereocenters. The zero-order valence-corrected chi connectivity index (χ0v) is 9.29. The van der Waals surface area contributed by atoms with Crippen molar-refractivity contribution < 1.29 is 0 Å². The fraction of sp³-hybridized carbons (Fsp3) is 0.900. The average molecular weight is 198 g/mol. The van der Waals surface area contributed by atoms with Gasteiger partial charge in [-0.15, -0.1) is 0 Å². The number of nitrogens with one attached hydrogen (secondary N) is 1. The van der Waals surface area contributed by atoms with Crippen LogP contribution in [-0.4, -0.2) is 30.0 Å². The summed E-state index contributed by atoms with van der Waals surface area (Å²) in [5.41, 5.74) is 2.72. The van der Waals surface area contributed by atoms with Crippen LogP contribution < -0.4 is 11.3 Å². The van der Waals surface area contributed by atoms with Gasteiger partial charge in [-0.25, -0.2) is 5.84 Å². The molecule has 14 heavy (non-hydrogen) atoms. The van der Waals surface area contributed by atoms with Gasteiger partial charge in [-0.05, 0) is 25.7 Å². The fourth-order valence-electron chi connectivity index (χ4n) is 1.53. The molecule has 0 heterocycles. The Labute approximate surface area is 86.5 Å². The van der Waals surface area contributed by atoms with Gasteiger partial charge in [0.1, 0.15) is 0 Å². The molecular formula is C10H22N4. The van der Waals surface area contributed by atoms with E-state index >= 15 is 0 Å². The molecule has 0 bridgehead atoms. The van der Waals surface area contributed by atoms with Gasteiger partial charge in [-0.3, -0.25) is 10.4 Å². The molecule has 1 aliphatic carbocycles. The first-order chi connectivity index (χ1) is 6.83. The standard InChI is InChI=1S/C10H22N4/c1-3-7-12-10(13-11)14(8-4-2)9-5-6-9/h9H,3-8,11H2,1-2H3,(H,12,13).